The van der Waals surface area contributed by atoms with Gasteiger partial charge in [-0.2, -0.15) is 0 Å². The maximum atomic E-state index is 12.2. The van der Waals surface area contributed by atoms with Gasteiger partial charge in [-0.25, -0.2) is 0 Å². The van der Waals surface area contributed by atoms with Crippen LogP contribution in [0.1, 0.15) is 42.2 Å². The van der Waals surface area contributed by atoms with Crippen molar-refractivity contribution in [2.75, 3.05) is 11.9 Å². The lowest BCUT2D eigenvalue weighted by Crippen LogP contribution is -2.87. The van der Waals surface area contributed by atoms with Crippen LogP contribution in [0.2, 0.25) is 0 Å². The van der Waals surface area contributed by atoms with Crippen molar-refractivity contribution >= 4 is 33.3 Å². The third-order valence-electron chi connectivity index (χ3n) is 3.91. The topological polar surface area (TPSA) is 62.8 Å². The van der Waals surface area contributed by atoms with Gasteiger partial charge in [-0.05, 0) is 31.2 Å². The number of Topliss-reactive ketones (excluding diaryl/α,β-unsaturated/α-hetero) is 1. The van der Waals surface area contributed by atoms with E-state index in [9.17, 15) is 9.59 Å². The van der Waals surface area contributed by atoms with Gasteiger partial charge in [0.2, 0.25) is 0 Å². The molecule has 0 unspecified atom stereocenters. The number of nitrogens with two attached hydrogens (primary N) is 1. The summed E-state index contributed by atoms with van der Waals surface area (Å²) < 4.78 is 1.04. The molecule has 0 radical (unpaired) electrons. The molecule has 0 aromatic heterocycles. The summed E-state index contributed by atoms with van der Waals surface area (Å²) >= 11 is 3.43. The maximum absolute atomic E-state index is 12.2. The minimum Gasteiger partial charge on any atom is -0.332 e. The molecule has 1 amide bonds. The van der Waals surface area contributed by atoms with E-state index < -0.39 is 0 Å². The lowest BCUT2D eigenvalue weighted by molar-refractivity contribution is -0.686. The Balaban J connectivity index is 1.97. The van der Waals surface area contributed by atoms with Gasteiger partial charge in [-0.3, -0.25) is 9.59 Å². The predicted octanol–water partition coefficient (Wildman–Crippen LogP) is 3.30. The first-order valence-corrected chi connectivity index (χ1v) is 8.79. The van der Waals surface area contributed by atoms with E-state index in [1.54, 1.807) is 18.2 Å². The van der Waals surface area contributed by atoms with Gasteiger partial charge >= 0.3 is 0 Å². The van der Waals surface area contributed by atoms with Gasteiger partial charge in [-0.1, -0.05) is 47.1 Å². The van der Waals surface area contributed by atoms with E-state index in [4.69, 9.17) is 0 Å². The second kappa shape index (κ2) is 8.76. The summed E-state index contributed by atoms with van der Waals surface area (Å²) in [6.45, 7) is 3.91. The summed E-state index contributed by atoms with van der Waals surface area (Å²) in [6, 6.07) is 15.5. The molecule has 0 aliphatic rings. The van der Waals surface area contributed by atoms with Crippen molar-refractivity contribution in [1.82, 2.24) is 0 Å². The first-order valence-electron chi connectivity index (χ1n) is 8.00. The molecule has 1 atom stereocenters. The molecular formula is C19H22BrN2O2+. The molecule has 4 nitrogen and oxygen atoms in total. The zero-order chi connectivity index (χ0) is 17.5. The monoisotopic (exact) mass is 389 g/mol. The molecule has 24 heavy (non-hydrogen) atoms. The molecule has 0 saturated carbocycles. The summed E-state index contributed by atoms with van der Waals surface area (Å²) in [5, 5.41) is 4.86. The number of halogens is 1. The van der Waals surface area contributed by atoms with Crippen LogP contribution in [0, 0.1) is 0 Å². The predicted molar refractivity (Wildman–Crippen MR) is 99.0 cm³/mol. The second-order valence-corrected chi connectivity index (χ2v) is 6.57. The fraction of sp³-hybridized carbons (Fsp3) is 0.263. The Kier molecular flexibility index (Phi) is 6.70. The Morgan fingerprint density at radius 1 is 1.12 bits per heavy atom. The number of rotatable bonds is 7. The first kappa shape index (κ1) is 18.4. The molecule has 2 aromatic rings. The Labute approximate surface area is 150 Å². The molecule has 3 N–H and O–H groups in total. The van der Waals surface area contributed by atoms with Crippen molar-refractivity contribution in [3.63, 3.8) is 0 Å². The van der Waals surface area contributed by atoms with Crippen molar-refractivity contribution < 1.29 is 14.9 Å². The van der Waals surface area contributed by atoms with Crippen molar-refractivity contribution in [2.24, 2.45) is 0 Å². The molecule has 0 saturated heterocycles. The molecule has 126 valence electrons. The van der Waals surface area contributed by atoms with Crippen molar-refractivity contribution in [1.29, 1.82) is 0 Å². The highest BCUT2D eigenvalue weighted by Gasteiger charge is 2.16. The highest BCUT2D eigenvalue weighted by molar-refractivity contribution is 9.10. The number of quaternary nitrogens is 1. The molecule has 0 fully saturated rings. The molecule has 0 spiro atoms. The smallest absolute Gasteiger partial charge is 0.279 e. The average Bonchev–Trinajstić information content (AvgIpc) is 2.57. The molecule has 0 aliphatic heterocycles. The number of benzene rings is 2. The summed E-state index contributed by atoms with van der Waals surface area (Å²) in [5.74, 6) is -0.171. The third-order valence-corrected chi connectivity index (χ3v) is 4.43. The number of hydrogen-bond acceptors (Lipinski definition) is 2. The maximum Gasteiger partial charge on any atom is 0.279 e. The van der Waals surface area contributed by atoms with Crippen LogP contribution in [0.15, 0.2) is 53.0 Å². The van der Waals surface area contributed by atoms with Gasteiger partial charge in [0.1, 0.15) is 6.04 Å². The first-order chi connectivity index (χ1) is 11.5. The minimum absolute atomic E-state index is 0.0591. The number of anilines is 1. The zero-order valence-electron chi connectivity index (χ0n) is 13.9. The van der Waals surface area contributed by atoms with Crippen LogP contribution < -0.4 is 10.6 Å². The molecule has 0 heterocycles. The normalized spacial score (nSPS) is 11.8. The van der Waals surface area contributed by atoms with Gasteiger partial charge in [0.15, 0.2) is 12.3 Å². The number of hydrogen-bond donors (Lipinski definition) is 2. The molecule has 2 rings (SSSR count). The van der Waals surface area contributed by atoms with E-state index in [0.717, 1.165) is 10.9 Å². The van der Waals surface area contributed by atoms with Crippen LogP contribution in [-0.2, 0) is 4.79 Å². The Morgan fingerprint density at radius 3 is 2.42 bits per heavy atom. The van der Waals surface area contributed by atoms with Gasteiger partial charge < -0.3 is 10.6 Å². The van der Waals surface area contributed by atoms with Crippen molar-refractivity contribution in [3.05, 3.63) is 64.1 Å². The standard InChI is InChI=1S/C19H21BrN2O2/c1-3-17(14-8-10-15(20)11-9-14)21-12-19(24)22-18-7-5-4-6-16(18)13(2)23/h4-11,17,21H,3,12H2,1-2H3,(H,22,24)/p+1/t17-/m1/s1. The van der Waals surface area contributed by atoms with Gasteiger partial charge in [-0.15, -0.1) is 0 Å². The van der Waals surface area contributed by atoms with Crippen molar-refractivity contribution in [2.45, 2.75) is 26.3 Å². The number of ketones is 1. The summed E-state index contributed by atoms with van der Waals surface area (Å²) in [6.07, 6.45) is 0.930. The fourth-order valence-electron chi connectivity index (χ4n) is 2.60. The minimum atomic E-state index is -0.112. The zero-order valence-corrected chi connectivity index (χ0v) is 15.5. The van der Waals surface area contributed by atoms with Gasteiger partial charge in [0.05, 0.1) is 5.69 Å². The summed E-state index contributed by atoms with van der Waals surface area (Å²) in [5.41, 5.74) is 2.29. The van der Waals surface area contributed by atoms with Crippen LogP contribution in [0.4, 0.5) is 5.69 Å². The molecule has 0 bridgehead atoms. The summed E-state index contributed by atoms with van der Waals surface area (Å²) in [7, 11) is 0. The lowest BCUT2D eigenvalue weighted by Gasteiger charge is -2.15. The van der Waals surface area contributed by atoms with E-state index in [-0.39, 0.29) is 17.7 Å². The van der Waals surface area contributed by atoms with E-state index in [1.165, 1.54) is 12.5 Å². The Hall–Kier alpha value is -1.98. The molecule has 5 heteroatoms. The van der Waals surface area contributed by atoms with Crippen LogP contribution in [0.5, 0.6) is 0 Å². The van der Waals surface area contributed by atoms with Crippen LogP contribution >= 0.6 is 15.9 Å². The van der Waals surface area contributed by atoms with E-state index in [0.29, 0.717) is 17.8 Å². The van der Waals surface area contributed by atoms with Gasteiger partial charge in [0, 0.05) is 22.0 Å². The largest absolute Gasteiger partial charge is 0.332 e. The Morgan fingerprint density at radius 2 is 1.79 bits per heavy atom. The van der Waals surface area contributed by atoms with Crippen LogP contribution in [-0.4, -0.2) is 18.2 Å². The average molecular weight is 390 g/mol. The number of para-hydroxylation sites is 1. The lowest BCUT2D eigenvalue weighted by atomic mass is 10.0. The van der Waals surface area contributed by atoms with Crippen LogP contribution in [0.25, 0.3) is 0 Å². The molecule has 2 aromatic carbocycles. The molecular weight excluding hydrogens is 368 g/mol. The second-order valence-electron chi connectivity index (χ2n) is 5.66. The Bertz CT molecular complexity index is 714. The number of nitrogens with one attached hydrogen (secondary N) is 1. The quantitative estimate of drug-likeness (QED) is 0.713. The number of amides is 1. The third kappa shape index (κ3) is 5.01. The van der Waals surface area contributed by atoms with E-state index in [2.05, 4.69) is 40.3 Å². The van der Waals surface area contributed by atoms with Gasteiger partial charge in [0.25, 0.3) is 5.91 Å². The van der Waals surface area contributed by atoms with Crippen molar-refractivity contribution in [3.8, 4) is 0 Å². The summed E-state index contributed by atoms with van der Waals surface area (Å²) in [4.78, 5) is 23.8. The SMILES string of the molecule is CC[C@@H]([NH2+]CC(=O)Nc1ccccc1C(C)=O)c1ccc(Br)cc1. The number of carbonyl (C=O) groups is 2. The highest BCUT2D eigenvalue weighted by Crippen LogP contribution is 2.17. The van der Waals surface area contributed by atoms with E-state index in [1.807, 2.05) is 23.5 Å². The fourth-order valence-corrected chi connectivity index (χ4v) is 2.86. The van der Waals surface area contributed by atoms with E-state index >= 15 is 0 Å². The molecule has 0 aliphatic carbocycles. The highest BCUT2D eigenvalue weighted by atomic mass is 79.9. The number of carbonyl (C=O) groups excluding carboxylic acids is 2. The van der Waals surface area contributed by atoms with Crippen LogP contribution in [0.3, 0.4) is 0 Å².